The standard InChI is InChI=1S/C13H17N3O3S2/c1-21(18,19)9-7-16-6-4-12(15-16)14-13(17)3-2-11-5-8-20-10-11/h4-6,8,10H,2-3,7,9H2,1H3,(H,14,15,17). The van der Waals surface area contributed by atoms with Gasteiger partial charge < -0.3 is 5.32 Å². The number of rotatable bonds is 7. The van der Waals surface area contributed by atoms with Crippen molar-refractivity contribution in [2.24, 2.45) is 0 Å². The third-order valence-corrected chi connectivity index (χ3v) is 4.48. The van der Waals surface area contributed by atoms with Gasteiger partial charge in [-0.15, -0.1) is 0 Å². The van der Waals surface area contributed by atoms with Gasteiger partial charge in [-0.3, -0.25) is 9.48 Å². The van der Waals surface area contributed by atoms with E-state index in [1.165, 1.54) is 10.9 Å². The molecule has 0 aliphatic rings. The average Bonchev–Trinajstić information content (AvgIpc) is 3.04. The highest BCUT2D eigenvalue weighted by Crippen LogP contribution is 2.09. The van der Waals surface area contributed by atoms with E-state index >= 15 is 0 Å². The molecular weight excluding hydrogens is 310 g/mol. The molecule has 2 aromatic heterocycles. The summed E-state index contributed by atoms with van der Waals surface area (Å²) in [5.74, 6) is 0.369. The minimum absolute atomic E-state index is 0.0280. The van der Waals surface area contributed by atoms with Crippen molar-refractivity contribution in [3.8, 4) is 0 Å². The molecule has 1 N–H and O–H groups in total. The Kier molecular flexibility index (Phi) is 5.13. The van der Waals surface area contributed by atoms with Crippen molar-refractivity contribution < 1.29 is 13.2 Å². The molecule has 6 nitrogen and oxygen atoms in total. The molecule has 0 spiro atoms. The summed E-state index contributed by atoms with van der Waals surface area (Å²) >= 11 is 1.61. The molecule has 0 saturated heterocycles. The maximum atomic E-state index is 11.8. The minimum atomic E-state index is -3.02. The van der Waals surface area contributed by atoms with Gasteiger partial charge in [0.2, 0.25) is 5.91 Å². The third-order valence-electron chi connectivity index (χ3n) is 2.82. The Morgan fingerprint density at radius 3 is 2.90 bits per heavy atom. The van der Waals surface area contributed by atoms with Gasteiger partial charge in [0.1, 0.15) is 9.84 Å². The molecule has 0 aliphatic heterocycles. The van der Waals surface area contributed by atoms with E-state index in [4.69, 9.17) is 0 Å². The molecule has 0 aromatic carbocycles. The lowest BCUT2D eigenvalue weighted by molar-refractivity contribution is -0.116. The summed E-state index contributed by atoms with van der Waals surface area (Å²) < 4.78 is 23.7. The van der Waals surface area contributed by atoms with Gasteiger partial charge >= 0.3 is 0 Å². The fourth-order valence-corrected chi connectivity index (χ4v) is 2.93. The van der Waals surface area contributed by atoms with E-state index < -0.39 is 9.84 Å². The van der Waals surface area contributed by atoms with Crippen molar-refractivity contribution in [1.29, 1.82) is 0 Å². The summed E-state index contributed by atoms with van der Waals surface area (Å²) in [6.45, 7) is 0.281. The van der Waals surface area contributed by atoms with Crippen LogP contribution in [0.15, 0.2) is 29.1 Å². The number of carbonyl (C=O) groups is 1. The van der Waals surface area contributed by atoms with E-state index in [1.54, 1.807) is 23.6 Å². The second-order valence-electron chi connectivity index (χ2n) is 4.77. The van der Waals surface area contributed by atoms with Crippen molar-refractivity contribution in [3.05, 3.63) is 34.7 Å². The number of amides is 1. The Morgan fingerprint density at radius 2 is 2.24 bits per heavy atom. The zero-order valence-corrected chi connectivity index (χ0v) is 13.3. The van der Waals surface area contributed by atoms with E-state index in [1.807, 2.05) is 16.8 Å². The van der Waals surface area contributed by atoms with Gasteiger partial charge in [0.05, 0.1) is 12.3 Å². The molecule has 0 unspecified atom stereocenters. The summed E-state index contributed by atoms with van der Waals surface area (Å²) in [5.41, 5.74) is 1.15. The van der Waals surface area contributed by atoms with E-state index in [-0.39, 0.29) is 18.2 Å². The highest BCUT2D eigenvalue weighted by molar-refractivity contribution is 7.90. The van der Waals surface area contributed by atoms with Crippen molar-refractivity contribution in [2.45, 2.75) is 19.4 Å². The molecular formula is C13H17N3O3S2. The average molecular weight is 327 g/mol. The number of hydrogen-bond donors (Lipinski definition) is 1. The predicted molar refractivity (Wildman–Crippen MR) is 83.2 cm³/mol. The highest BCUT2D eigenvalue weighted by Gasteiger charge is 2.07. The van der Waals surface area contributed by atoms with Crippen molar-refractivity contribution in [2.75, 3.05) is 17.3 Å². The first-order valence-electron chi connectivity index (χ1n) is 6.44. The first-order chi connectivity index (χ1) is 9.92. The lowest BCUT2D eigenvalue weighted by Gasteiger charge is -2.02. The van der Waals surface area contributed by atoms with Gasteiger partial charge in [-0.2, -0.15) is 16.4 Å². The number of thiophene rings is 1. The first-order valence-corrected chi connectivity index (χ1v) is 9.45. The Hall–Kier alpha value is -1.67. The van der Waals surface area contributed by atoms with Gasteiger partial charge in [-0.1, -0.05) is 0 Å². The Morgan fingerprint density at radius 1 is 1.43 bits per heavy atom. The van der Waals surface area contributed by atoms with Crippen LogP contribution in [0.1, 0.15) is 12.0 Å². The van der Waals surface area contributed by atoms with Crippen LogP contribution >= 0.6 is 11.3 Å². The largest absolute Gasteiger partial charge is 0.309 e. The van der Waals surface area contributed by atoms with Crippen LogP contribution in [0, 0.1) is 0 Å². The molecule has 2 heterocycles. The van der Waals surface area contributed by atoms with E-state index in [0.29, 0.717) is 18.7 Å². The molecule has 8 heteroatoms. The topological polar surface area (TPSA) is 81.1 Å². The van der Waals surface area contributed by atoms with Crippen LogP contribution in [0.25, 0.3) is 0 Å². The zero-order chi connectivity index (χ0) is 15.3. The van der Waals surface area contributed by atoms with Crippen LogP contribution in [0.3, 0.4) is 0 Å². The fraction of sp³-hybridized carbons (Fsp3) is 0.385. The van der Waals surface area contributed by atoms with E-state index in [9.17, 15) is 13.2 Å². The lowest BCUT2D eigenvalue weighted by Crippen LogP contribution is -2.14. The van der Waals surface area contributed by atoms with Crippen molar-refractivity contribution in [1.82, 2.24) is 9.78 Å². The molecule has 114 valence electrons. The minimum Gasteiger partial charge on any atom is -0.309 e. The predicted octanol–water partition coefficient (Wildman–Crippen LogP) is 1.56. The second-order valence-corrected chi connectivity index (χ2v) is 7.81. The highest BCUT2D eigenvalue weighted by atomic mass is 32.2. The first kappa shape index (κ1) is 15.7. The summed E-state index contributed by atoms with van der Waals surface area (Å²) in [5, 5.41) is 10.8. The SMILES string of the molecule is CS(=O)(=O)CCn1ccc(NC(=O)CCc2ccsc2)n1. The number of aromatic nitrogens is 2. The molecule has 0 bridgehead atoms. The summed E-state index contributed by atoms with van der Waals surface area (Å²) in [4.78, 5) is 11.8. The fourth-order valence-electron chi connectivity index (χ4n) is 1.71. The van der Waals surface area contributed by atoms with Gasteiger partial charge in [-0.05, 0) is 28.8 Å². The number of carbonyl (C=O) groups excluding carboxylic acids is 1. The van der Waals surface area contributed by atoms with Gasteiger partial charge in [0, 0.05) is 24.9 Å². The van der Waals surface area contributed by atoms with Crippen LogP contribution in [-0.2, 0) is 27.6 Å². The number of hydrogen-bond acceptors (Lipinski definition) is 5. The maximum absolute atomic E-state index is 11.8. The van der Waals surface area contributed by atoms with Crippen molar-refractivity contribution in [3.63, 3.8) is 0 Å². The quantitative estimate of drug-likeness (QED) is 0.837. The molecule has 0 saturated carbocycles. The van der Waals surface area contributed by atoms with Gasteiger partial charge in [0.25, 0.3) is 0 Å². The molecule has 0 atom stereocenters. The smallest absolute Gasteiger partial charge is 0.225 e. The van der Waals surface area contributed by atoms with Crippen LogP contribution < -0.4 is 5.32 Å². The molecule has 2 aromatic rings. The monoisotopic (exact) mass is 327 g/mol. The molecule has 2 rings (SSSR count). The van der Waals surface area contributed by atoms with Gasteiger partial charge in [-0.25, -0.2) is 8.42 Å². The molecule has 0 fully saturated rings. The van der Waals surface area contributed by atoms with E-state index in [2.05, 4.69) is 10.4 Å². The summed E-state index contributed by atoms with van der Waals surface area (Å²) in [6, 6.07) is 3.66. The summed E-state index contributed by atoms with van der Waals surface area (Å²) in [6.07, 6.45) is 3.93. The number of nitrogens with one attached hydrogen (secondary N) is 1. The second kappa shape index (κ2) is 6.86. The molecule has 0 aliphatic carbocycles. The Labute approximate surface area is 127 Å². The van der Waals surface area contributed by atoms with Crippen LogP contribution in [0.2, 0.25) is 0 Å². The maximum Gasteiger partial charge on any atom is 0.225 e. The Balaban J connectivity index is 1.80. The van der Waals surface area contributed by atoms with Crippen LogP contribution in [0.5, 0.6) is 0 Å². The molecule has 21 heavy (non-hydrogen) atoms. The molecule has 0 radical (unpaired) electrons. The number of sulfone groups is 1. The summed E-state index contributed by atoms with van der Waals surface area (Å²) in [7, 11) is -3.02. The van der Waals surface area contributed by atoms with Crippen LogP contribution in [0.4, 0.5) is 5.82 Å². The Bertz CT molecular complexity index is 690. The number of nitrogens with zero attached hydrogens (tertiary/aromatic N) is 2. The molecule has 1 amide bonds. The van der Waals surface area contributed by atoms with E-state index in [0.717, 1.165) is 5.56 Å². The van der Waals surface area contributed by atoms with Crippen LogP contribution in [-0.4, -0.2) is 36.1 Å². The van der Waals surface area contributed by atoms with Crippen molar-refractivity contribution >= 4 is 32.9 Å². The zero-order valence-electron chi connectivity index (χ0n) is 11.7. The third kappa shape index (κ3) is 5.68. The van der Waals surface area contributed by atoms with Gasteiger partial charge in [0.15, 0.2) is 5.82 Å². The number of anilines is 1. The lowest BCUT2D eigenvalue weighted by atomic mass is 10.2. The normalized spacial score (nSPS) is 11.5. The number of aryl methyl sites for hydroxylation is 2.